The molecule has 33 heavy (non-hydrogen) atoms. The van der Waals surface area contributed by atoms with E-state index in [1.807, 2.05) is 47.3 Å². The molecule has 4 aromatic rings. The van der Waals surface area contributed by atoms with E-state index >= 15 is 0 Å². The number of hydrogen-bond acceptors (Lipinski definition) is 3. The van der Waals surface area contributed by atoms with E-state index in [1.54, 1.807) is 48.5 Å². The second kappa shape index (κ2) is 10.8. The van der Waals surface area contributed by atoms with Crippen LogP contribution in [0.5, 0.6) is 5.75 Å². The number of rotatable bonds is 8. The van der Waals surface area contributed by atoms with Crippen LogP contribution < -0.4 is 14.6 Å². The lowest BCUT2D eigenvalue weighted by Crippen LogP contribution is -2.41. The smallest absolute Gasteiger partial charge is 0.255 e. The normalized spacial score (nSPS) is 11.6. The Morgan fingerprint density at radius 1 is 0.879 bits per heavy atom. The highest BCUT2D eigenvalue weighted by atomic mass is 35.5. The summed E-state index contributed by atoms with van der Waals surface area (Å²) in [6.07, 6.45) is 3.23. The first-order valence-corrected chi connectivity index (χ1v) is 11.0. The number of anilines is 1. The Morgan fingerprint density at radius 3 is 2.18 bits per heavy atom. The Bertz CT molecular complexity index is 1180. The third-order valence-electron chi connectivity index (χ3n) is 5.08. The molecular formula is C27H24ClN2O3+. The van der Waals surface area contributed by atoms with Gasteiger partial charge in [0.25, 0.3) is 5.91 Å². The van der Waals surface area contributed by atoms with Gasteiger partial charge in [0.2, 0.25) is 0 Å². The monoisotopic (exact) mass is 459 g/mol. The van der Waals surface area contributed by atoms with Crippen LogP contribution in [0.1, 0.15) is 10.4 Å². The maximum absolute atomic E-state index is 12.3. The predicted octanol–water partition coefficient (Wildman–Crippen LogP) is 4.99. The third kappa shape index (κ3) is 6.42. The van der Waals surface area contributed by atoms with E-state index < -0.39 is 6.10 Å². The van der Waals surface area contributed by atoms with Gasteiger partial charge in [-0.2, -0.15) is 0 Å². The van der Waals surface area contributed by atoms with Gasteiger partial charge in [0, 0.05) is 28.4 Å². The van der Waals surface area contributed by atoms with E-state index in [2.05, 4.69) is 17.4 Å². The second-order valence-electron chi connectivity index (χ2n) is 7.60. The number of carbonyl (C=O) groups is 1. The number of aliphatic hydroxyl groups excluding tert-OH is 1. The molecule has 0 bridgehead atoms. The van der Waals surface area contributed by atoms with Crippen molar-refractivity contribution in [1.29, 1.82) is 0 Å². The standard InChI is InChI=1S/C27H23ClN2O3/c28-23-8-6-22(7-9-23)27(32)29-24-10-12-26(13-11-24)33-19-25(31)18-30-16-14-21(15-17-30)20-4-2-1-3-5-20/h1-17,25,31H,18-19H2/p+1. The molecule has 2 N–H and O–H groups in total. The number of carbonyl (C=O) groups excluding carboxylic acids is 1. The Labute approximate surface area is 197 Å². The largest absolute Gasteiger partial charge is 0.491 e. The average Bonchev–Trinajstić information content (AvgIpc) is 2.85. The molecular weight excluding hydrogens is 436 g/mol. The molecule has 0 spiro atoms. The van der Waals surface area contributed by atoms with Crippen molar-refractivity contribution >= 4 is 23.2 Å². The molecule has 166 valence electrons. The van der Waals surface area contributed by atoms with Gasteiger partial charge in [-0.3, -0.25) is 4.79 Å². The van der Waals surface area contributed by atoms with E-state index in [0.717, 1.165) is 11.1 Å². The van der Waals surface area contributed by atoms with Gasteiger partial charge >= 0.3 is 0 Å². The molecule has 0 saturated heterocycles. The van der Waals surface area contributed by atoms with Crippen LogP contribution in [-0.4, -0.2) is 23.7 Å². The summed E-state index contributed by atoms with van der Waals surface area (Å²) in [7, 11) is 0. The van der Waals surface area contributed by atoms with Crippen LogP contribution in [0.2, 0.25) is 5.02 Å². The van der Waals surface area contributed by atoms with E-state index in [9.17, 15) is 9.90 Å². The maximum Gasteiger partial charge on any atom is 0.255 e. The summed E-state index contributed by atoms with van der Waals surface area (Å²) >= 11 is 5.86. The fraction of sp³-hybridized carbons (Fsp3) is 0.111. The fourth-order valence-electron chi connectivity index (χ4n) is 3.33. The molecule has 1 aromatic heterocycles. The molecule has 1 heterocycles. The van der Waals surface area contributed by atoms with Gasteiger partial charge in [-0.1, -0.05) is 41.9 Å². The quantitative estimate of drug-likeness (QED) is 0.365. The number of hydrogen-bond donors (Lipinski definition) is 2. The zero-order chi connectivity index (χ0) is 23.0. The molecule has 6 heteroatoms. The number of amides is 1. The summed E-state index contributed by atoms with van der Waals surface area (Å²) in [5.74, 6) is 0.397. The van der Waals surface area contributed by atoms with E-state index in [-0.39, 0.29) is 12.5 Å². The molecule has 1 unspecified atom stereocenters. The highest BCUT2D eigenvalue weighted by molar-refractivity contribution is 6.30. The minimum atomic E-state index is -0.665. The molecule has 3 aromatic carbocycles. The first-order chi connectivity index (χ1) is 16.1. The number of aliphatic hydroxyl groups is 1. The highest BCUT2D eigenvalue weighted by Crippen LogP contribution is 2.18. The molecule has 0 aliphatic heterocycles. The molecule has 4 rings (SSSR count). The summed E-state index contributed by atoms with van der Waals surface area (Å²) in [6.45, 7) is 0.578. The summed E-state index contributed by atoms with van der Waals surface area (Å²) in [6, 6.07) is 27.9. The van der Waals surface area contributed by atoms with Gasteiger partial charge in [0.15, 0.2) is 18.9 Å². The highest BCUT2D eigenvalue weighted by Gasteiger charge is 2.13. The van der Waals surface area contributed by atoms with Gasteiger partial charge in [0.05, 0.1) is 0 Å². The topological polar surface area (TPSA) is 62.4 Å². The summed E-state index contributed by atoms with van der Waals surface area (Å²) in [5, 5.41) is 13.8. The summed E-state index contributed by atoms with van der Waals surface area (Å²) in [5.41, 5.74) is 3.45. The van der Waals surface area contributed by atoms with Crippen LogP contribution in [0.4, 0.5) is 5.69 Å². The lowest BCUT2D eigenvalue weighted by Gasteiger charge is -2.11. The summed E-state index contributed by atoms with van der Waals surface area (Å²) in [4.78, 5) is 12.3. The number of halogens is 1. The van der Waals surface area contributed by atoms with Crippen molar-refractivity contribution in [1.82, 2.24) is 0 Å². The van der Waals surface area contributed by atoms with Gasteiger partial charge < -0.3 is 15.2 Å². The van der Waals surface area contributed by atoms with Gasteiger partial charge in [-0.15, -0.1) is 0 Å². The van der Waals surface area contributed by atoms with E-state index in [1.165, 1.54) is 0 Å². The van der Waals surface area contributed by atoms with Crippen molar-refractivity contribution in [2.75, 3.05) is 11.9 Å². The minimum absolute atomic E-state index is 0.157. The van der Waals surface area contributed by atoms with Crippen molar-refractivity contribution in [2.24, 2.45) is 0 Å². The minimum Gasteiger partial charge on any atom is -0.491 e. The van der Waals surface area contributed by atoms with E-state index in [0.29, 0.717) is 28.6 Å². The molecule has 0 aliphatic carbocycles. The SMILES string of the molecule is O=C(Nc1ccc(OCC(O)C[n+]2ccc(-c3ccccc3)cc2)cc1)c1ccc(Cl)cc1. The van der Waals surface area contributed by atoms with Crippen LogP contribution in [0.3, 0.4) is 0 Å². The number of benzene rings is 3. The molecule has 0 radical (unpaired) electrons. The first-order valence-electron chi connectivity index (χ1n) is 10.6. The molecule has 1 atom stereocenters. The zero-order valence-corrected chi connectivity index (χ0v) is 18.7. The Kier molecular flexibility index (Phi) is 7.35. The Morgan fingerprint density at radius 2 is 1.52 bits per heavy atom. The average molecular weight is 460 g/mol. The first kappa shape index (κ1) is 22.5. The Hall–Kier alpha value is -3.67. The van der Waals surface area contributed by atoms with Crippen LogP contribution in [0.15, 0.2) is 103 Å². The van der Waals surface area contributed by atoms with Crippen molar-refractivity contribution in [3.05, 3.63) is 114 Å². The molecule has 0 aliphatic rings. The maximum atomic E-state index is 12.3. The lowest BCUT2D eigenvalue weighted by molar-refractivity contribution is -0.703. The predicted molar refractivity (Wildman–Crippen MR) is 129 cm³/mol. The zero-order valence-electron chi connectivity index (χ0n) is 17.9. The molecule has 0 fully saturated rings. The molecule has 1 amide bonds. The van der Waals surface area contributed by atoms with Crippen LogP contribution in [0, 0.1) is 0 Å². The number of aromatic nitrogens is 1. The third-order valence-corrected chi connectivity index (χ3v) is 5.33. The van der Waals surface area contributed by atoms with Gasteiger partial charge in [-0.25, -0.2) is 4.57 Å². The fourth-order valence-corrected chi connectivity index (χ4v) is 3.46. The van der Waals surface area contributed by atoms with Crippen molar-refractivity contribution in [3.63, 3.8) is 0 Å². The molecule has 5 nitrogen and oxygen atoms in total. The summed E-state index contributed by atoms with van der Waals surface area (Å²) < 4.78 is 7.63. The second-order valence-corrected chi connectivity index (χ2v) is 8.04. The van der Waals surface area contributed by atoms with E-state index in [4.69, 9.17) is 16.3 Å². The lowest BCUT2D eigenvalue weighted by atomic mass is 10.1. The number of ether oxygens (including phenoxy) is 1. The number of pyridine rings is 1. The van der Waals surface area contributed by atoms with Crippen LogP contribution >= 0.6 is 11.6 Å². The van der Waals surface area contributed by atoms with Crippen LogP contribution in [-0.2, 0) is 6.54 Å². The van der Waals surface area contributed by atoms with Crippen molar-refractivity contribution in [3.8, 4) is 16.9 Å². The van der Waals surface area contributed by atoms with Crippen LogP contribution in [0.25, 0.3) is 11.1 Å². The Balaban J connectivity index is 1.25. The molecule has 0 saturated carbocycles. The van der Waals surface area contributed by atoms with Crippen molar-refractivity contribution < 1.29 is 19.2 Å². The van der Waals surface area contributed by atoms with Gasteiger partial charge in [-0.05, 0) is 59.7 Å². The number of nitrogens with one attached hydrogen (secondary N) is 1. The van der Waals surface area contributed by atoms with Gasteiger partial charge in [0.1, 0.15) is 18.5 Å². The number of nitrogens with zero attached hydrogens (tertiary/aromatic N) is 1. The van der Waals surface area contributed by atoms with Crippen molar-refractivity contribution in [2.45, 2.75) is 12.6 Å².